The molecule has 0 atom stereocenters. The summed E-state index contributed by atoms with van der Waals surface area (Å²) in [6.45, 7) is 2.33. The average Bonchev–Trinajstić information content (AvgIpc) is 2.74. The smallest absolute Gasteiger partial charge is 0.343 e. The van der Waals surface area contributed by atoms with Crippen molar-refractivity contribution in [3.05, 3.63) is 100 Å². The van der Waals surface area contributed by atoms with Crippen LogP contribution in [0.1, 0.15) is 21.6 Å². The number of rotatable bonds is 5. The zero-order valence-corrected chi connectivity index (χ0v) is 17.3. The van der Waals surface area contributed by atoms with E-state index in [1.165, 1.54) is 0 Å². The van der Waals surface area contributed by atoms with E-state index in [1.807, 2.05) is 67.6 Å². The molecule has 0 aliphatic rings. The fourth-order valence-corrected chi connectivity index (χ4v) is 3.16. The molecule has 0 amide bonds. The highest BCUT2D eigenvalue weighted by molar-refractivity contribution is 9.10. The minimum atomic E-state index is -0.416. The fourth-order valence-electron chi connectivity index (χ4n) is 2.89. The van der Waals surface area contributed by atoms with Crippen LogP contribution in [0.4, 0.5) is 0 Å². The average molecular weight is 448 g/mol. The molecule has 3 aromatic carbocycles. The van der Waals surface area contributed by atoms with Gasteiger partial charge in [-0.1, -0.05) is 46.3 Å². The van der Waals surface area contributed by atoms with Gasteiger partial charge in [-0.05, 0) is 61.0 Å². The van der Waals surface area contributed by atoms with Crippen LogP contribution in [0.2, 0.25) is 0 Å². The van der Waals surface area contributed by atoms with Crippen LogP contribution in [-0.2, 0) is 6.61 Å². The number of nitrogens with zero attached hydrogens (tertiary/aromatic N) is 1. The molecule has 0 N–H and O–H groups in total. The van der Waals surface area contributed by atoms with Crippen LogP contribution in [0.5, 0.6) is 11.5 Å². The van der Waals surface area contributed by atoms with Gasteiger partial charge in [-0.25, -0.2) is 9.78 Å². The van der Waals surface area contributed by atoms with Gasteiger partial charge in [0.25, 0.3) is 0 Å². The van der Waals surface area contributed by atoms with E-state index in [2.05, 4.69) is 20.9 Å². The van der Waals surface area contributed by atoms with Crippen molar-refractivity contribution in [3.8, 4) is 11.5 Å². The molecule has 4 rings (SSSR count). The van der Waals surface area contributed by atoms with Gasteiger partial charge in [0.15, 0.2) is 5.75 Å². The number of carbonyl (C=O) groups is 1. The van der Waals surface area contributed by atoms with Gasteiger partial charge >= 0.3 is 5.97 Å². The molecule has 29 heavy (non-hydrogen) atoms. The minimum Gasteiger partial charge on any atom is -0.489 e. The summed E-state index contributed by atoms with van der Waals surface area (Å²) in [5, 5.41) is 0.932. The predicted octanol–water partition coefficient (Wildman–Crippen LogP) is 6.10. The number of esters is 1. The Balaban J connectivity index is 1.44. The SMILES string of the molecule is Cc1ccc2cccc(OC(=O)c3ccc(COc4ccc(Br)cc4)cc3)c2n1. The zero-order valence-electron chi connectivity index (χ0n) is 15.8. The summed E-state index contributed by atoms with van der Waals surface area (Å²) in [4.78, 5) is 17.1. The highest BCUT2D eigenvalue weighted by Crippen LogP contribution is 2.25. The van der Waals surface area contributed by atoms with Crippen LogP contribution in [0.3, 0.4) is 0 Å². The van der Waals surface area contributed by atoms with Gasteiger partial charge in [0.05, 0.1) is 5.56 Å². The van der Waals surface area contributed by atoms with E-state index in [0.717, 1.165) is 26.9 Å². The second-order valence-corrected chi connectivity index (χ2v) is 7.53. The third-order valence-corrected chi connectivity index (χ3v) is 4.96. The number of aryl methyl sites for hydroxylation is 1. The summed E-state index contributed by atoms with van der Waals surface area (Å²) in [5.41, 5.74) is 2.99. The lowest BCUT2D eigenvalue weighted by Crippen LogP contribution is -2.09. The maximum Gasteiger partial charge on any atom is 0.343 e. The van der Waals surface area contributed by atoms with Crippen molar-refractivity contribution in [1.82, 2.24) is 4.98 Å². The molecular formula is C24H18BrNO3. The Hall–Kier alpha value is -3.18. The van der Waals surface area contributed by atoms with Gasteiger partial charge < -0.3 is 9.47 Å². The highest BCUT2D eigenvalue weighted by Gasteiger charge is 2.12. The Labute approximate surface area is 177 Å². The van der Waals surface area contributed by atoms with Crippen molar-refractivity contribution < 1.29 is 14.3 Å². The number of carbonyl (C=O) groups excluding carboxylic acids is 1. The summed E-state index contributed by atoms with van der Waals surface area (Å²) in [7, 11) is 0. The molecule has 0 fully saturated rings. The van der Waals surface area contributed by atoms with Crippen molar-refractivity contribution in [2.75, 3.05) is 0 Å². The van der Waals surface area contributed by atoms with Gasteiger partial charge in [-0.2, -0.15) is 0 Å². The molecule has 0 saturated heterocycles. The summed E-state index contributed by atoms with van der Waals surface area (Å²) >= 11 is 3.40. The molecule has 0 radical (unpaired) electrons. The number of benzene rings is 3. The first-order valence-corrected chi connectivity index (χ1v) is 9.94. The number of ether oxygens (including phenoxy) is 2. The second kappa shape index (κ2) is 8.45. The predicted molar refractivity (Wildman–Crippen MR) is 116 cm³/mol. The normalized spacial score (nSPS) is 10.7. The third kappa shape index (κ3) is 4.63. The molecule has 0 unspecified atom stereocenters. The standard InChI is InChI=1S/C24H18BrNO3/c1-16-5-8-18-3-2-4-22(23(18)26-16)29-24(27)19-9-6-17(7-10-19)15-28-21-13-11-20(25)12-14-21/h2-14H,15H2,1H3. The van der Waals surface area contributed by atoms with Crippen LogP contribution in [0, 0.1) is 6.92 Å². The van der Waals surface area contributed by atoms with Crippen molar-refractivity contribution in [3.63, 3.8) is 0 Å². The molecule has 0 aliphatic heterocycles. The number of para-hydroxylation sites is 1. The molecule has 4 nitrogen and oxygen atoms in total. The first-order chi connectivity index (χ1) is 14.1. The summed E-state index contributed by atoms with van der Waals surface area (Å²) in [6.07, 6.45) is 0. The molecule has 1 heterocycles. The molecular weight excluding hydrogens is 430 g/mol. The summed E-state index contributed by atoms with van der Waals surface area (Å²) in [6, 6.07) is 24.3. The van der Waals surface area contributed by atoms with Gasteiger partial charge in [0.2, 0.25) is 0 Å². The highest BCUT2D eigenvalue weighted by atomic mass is 79.9. The van der Waals surface area contributed by atoms with E-state index in [0.29, 0.717) is 23.4 Å². The number of hydrogen-bond acceptors (Lipinski definition) is 4. The fraction of sp³-hybridized carbons (Fsp3) is 0.0833. The molecule has 1 aromatic heterocycles. The van der Waals surface area contributed by atoms with Gasteiger partial charge in [-0.3, -0.25) is 0 Å². The maximum atomic E-state index is 12.6. The van der Waals surface area contributed by atoms with Crippen molar-refractivity contribution >= 4 is 32.8 Å². The van der Waals surface area contributed by atoms with E-state index >= 15 is 0 Å². The summed E-state index contributed by atoms with van der Waals surface area (Å²) in [5.74, 6) is 0.829. The van der Waals surface area contributed by atoms with E-state index in [-0.39, 0.29) is 0 Å². The Kier molecular flexibility index (Phi) is 5.58. The number of aromatic nitrogens is 1. The lowest BCUT2D eigenvalue weighted by molar-refractivity contribution is 0.0736. The first-order valence-electron chi connectivity index (χ1n) is 9.14. The van der Waals surface area contributed by atoms with Gasteiger partial charge in [0, 0.05) is 15.6 Å². The Morgan fingerprint density at radius 1 is 0.931 bits per heavy atom. The van der Waals surface area contributed by atoms with Gasteiger partial charge in [0.1, 0.15) is 17.9 Å². The maximum absolute atomic E-state index is 12.6. The van der Waals surface area contributed by atoms with Crippen LogP contribution in [-0.4, -0.2) is 11.0 Å². The molecule has 0 aliphatic carbocycles. The number of halogens is 1. The second-order valence-electron chi connectivity index (χ2n) is 6.61. The molecule has 0 saturated carbocycles. The van der Waals surface area contributed by atoms with Crippen LogP contribution >= 0.6 is 15.9 Å². The van der Waals surface area contributed by atoms with Crippen molar-refractivity contribution in [1.29, 1.82) is 0 Å². The third-order valence-electron chi connectivity index (χ3n) is 4.43. The number of fused-ring (bicyclic) bond motifs is 1. The van der Waals surface area contributed by atoms with E-state index in [9.17, 15) is 4.79 Å². The molecule has 144 valence electrons. The summed E-state index contributed by atoms with van der Waals surface area (Å²) < 4.78 is 12.4. The van der Waals surface area contributed by atoms with E-state index < -0.39 is 5.97 Å². The van der Waals surface area contributed by atoms with E-state index in [1.54, 1.807) is 18.2 Å². The van der Waals surface area contributed by atoms with Crippen molar-refractivity contribution in [2.24, 2.45) is 0 Å². The Morgan fingerprint density at radius 3 is 2.45 bits per heavy atom. The molecule has 5 heteroatoms. The zero-order chi connectivity index (χ0) is 20.2. The van der Waals surface area contributed by atoms with E-state index in [4.69, 9.17) is 9.47 Å². The van der Waals surface area contributed by atoms with Gasteiger partial charge in [-0.15, -0.1) is 0 Å². The molecule has 0 spiro atoms. The quantitative estimate of drug-likeness (QED) is 0.273. The monoisotopic (exact) mass is 447 g/mol. The topological polar surface area (TPSA) is 48.4 Å². The lowest BCUT2D eigenvalue weighted by atomic mass is 10.1. The molecule has 4 aromatic rings. The van der Waals surface area contributed by atoms with Crippen LogP contribution in [0.25, 0.3) is 10.9 Å². The Morgan fingerprint density at radius 2 is 1.69 bits per heavy atom. The number of hydrogen-bond donors (Lipinski definition) is 0. The first kappa shape index (κ1) is 19.2. The number of pyridine rings is 1. The van der Waals surface area contributed by atoms with Crippen molar-refractivity contribution in [2.45, 2.75) is 13.5 Å². The minimum absolute atomic E-state index is 0.416. The van der Waals surface area contributed by atoms with Crippen LogP contribution < -0.4 is 9.47 Å². The molecule has 0 bridgehead atoms. The Bertz CT molecular complexity index is 1160. The largest absolute Gasteiger partial charge is 0.489 e. The van der Waals surface area contributed by atoms with Crippen LogP contribution in [0.15, 0.2) is 83.3 Å². The lowest BCUT2D eigenvalue weighted by Gasteiger charge is -2.09.